The van der Waals surface area contributed by atoms with Crippen molar-refractivity contribution in [2.45, 2.75) is 19.4 Å². The molecular weight excluding hydrogens is 374 g/mol. The Morgan fingerprint density at radius 3 is 2.75 bits per heavy atom. The van der Waals surface area contributed by atoms with Gasteiger partial charge in [0, 0.05) is 37.0 Å². The van der Waals surface area contributed by atoms with Gasteiger partial charge in [-0.05, 0) is 35.1 Å². The van der Waals surface area contributed by atoms with Gasteiger partial charge in [-0.25, -0.2) is 0 Å². The number of fused-ring (bicyclic) bond motifs is 1. The molecule has 0 spiro atoms. The van der Waals surface area contributed by atoms with Gasteiger partial charge in [-0.15, -0.1) is 11.3 Å². The summed E-state index contributed by atoms with van der Waals surface area (Å²) in [6.45, 7) is 1.52. The van der Waals surface area contributed by atoms with Crippen LogP contribution >= 0.6 is 11.3 Å². The molecule has 2 N–H and O–H groups in total. The molecule has 0 radical (unpaired) electrons. The largest absolute Gasteiger partial charge is 0.354 e. The van der Waals surface area contributed by atoms with Gasteiger partial charge in [0.1, 0.15) is 0 Å². The van der Waals surface area contributed by atoms with Crippen LogP contribution in [0.15, 0.2) is 47.9 Å². The van der Waals surface area contributed by atoms with Gasteiger partial charge < -0.3 is 15.5 Å². The van der Waals surface area contributed by atoms with Gasteiger partial charge in [0.15, 0.2) is 0 Å². The molecule has 0 saturated heterocycles. The zero-order chi connectivity index (χ0) is 19.8. The fourth-order valence-electron chi connectivity index (χ4n) is 2.95. The van der Waals surface area contributed by atoms with Crippen molar-refractivity contribution in [1.29, 1.82) is 0 Å². The van der Waals surface area contributed by atoms with E-state index in [1.165, 1.54) is 16.5 Å². The van der Waals surface area contributed by atoms with Crippen molar-refractivity contribution in [3.63, 3.8) is 0 Å². The maximum absolute atomic E-state index is 12.3. The number of hydrogen-bond donors (Lipinski definition) is 2. The monoisotopic (exact) mass is 397 g/mol. The lowest BCUT2D eigenvalue weighted by molar-refractivity contribution is -0.132. The molecule has 2 heterocycles. The molecular formula is C21H23N3O3S. The lowest BCUT2D eigenvalue weighted by Crippen LogP contribution is -2.40. The lowest BCUT2D eigenvalue weighted by atomic mass is 10.1. The second-order valence-corrected chi connectivity index (χ2v) is 7.50. The summed E-state index contributed by atoms with van der Waals surface area (Å²) in [5.41, 5.74) is 2.13. The highest BCUT2D eigenvalue weighted by Gasteiger charge is 2.21. The normalized spacial score (nSPS) is 13.2. The Morgan fingerprint density at radius 1 is 1.11 bits per heavy atom. The molecule has 0 unspecified atom stereocenters. The van der Waals surface area contributed by atoms with E-state index in [0.29, 0.717) is 6.54 Å². The number of amides is 3. The van der Waals surface area contributed by atoms with Gasteiger partial charge in [-0.3, -0.25) is 14.4 Å². The minimum Gasteiger partial charge on any atom is -0.354 e. The van der Waals surface area contributed by atoms with E-state index < -0.39 is 0 Å². The Morgan fingerprint density at radius 2 is 1.93 bits per heavy atom. The van der Waals surface area contributed by atoms with Crippen molar-refractivity contribution >= 4 is 35.1 Å². The predicted octanol–water partition coefficient (Wildman–Crippen LogP) is 1.97. The standard InChI is InChI=1S/C21H23N3O3S/c25-19(7-6-16-4-2-1-3-5-16)23-14-20(26)22-11-8-21(27)24-12-9-18-17(15-24)10-13-28-18/h1-7,10,13H,8-9,11-12,14-15H2,(H,22,26)(H,23,25)/b7-6+. The Balaban J connectivity index is 1.32. The van der Waals surface area contributed by atoms with Gasteiger partial charge in [0.2, 0.25) is 17.7 Å². The molecule has 28 heavy (non-hydrogen) atoms. The number of carbonyl (C=O) groups is 3. The molecule has 0 fully saturated rings. The molecule has 0 aliphatic carbocycles. The highest BCUT2D eigenvalue weighted by Crippen LogP contribution is 2.24. The van der Waals surface area contributed by atoms with Crippen LogP contribution in [-0.4, -0.2) is 42.3 Å². The maximum Gasteiger partial charge on any atom is 0.244 e. The average Bonchev–Trinajstić information content (AvgIpc) is 3.19. The van der Waals surface area contributed by atoms with Crippen molar-refractivity contribution in [3.8, 4) is 0 Å². The second kappa shape index (κ2) is 9.85. The number of thiophene rings is 1. The summed E-state index contributed by atoms with van der Waals surface area (Å²) in [5.74, 6) is -0.616. The van der Waals surface area contributed by atoms with Gasteiger partial charge >= 0.3 is 0 Å². The van der Waals surface area contributed by atoms with E-state index in [9.17, 15) is 14.4 Å². The van der Waals surface area contributed by atoms with Crippen molar-refractivity contribution in [2.24, 2.45) is 0 Å². The SMILES string of the molecule is O=C(/C=C/c1ccccc1)NCC(=O)NCCC(=O)N1CCc2sccc2C1. The third-order valence-corrected chi connectivity index (χ3v) is 5.49. The van der Waals surface area contributed by atoms with Crippen LogP contribution in [0.5, 0.6) is 0 Å². The minimum absolute atomic E-state index is 0.0342. The summed E-state index contributed by atoms with van der Waals surface area (Å²) in [4.78, 5) is 39.1. The number of benzene rings is 1. The summed E-state index contributed by atoms with van der Waals surface area (Å²) in [7, 11) is 0. The van der Waals surface area contributed by atoms with Crippen molar-refractivity contribution in [3.05, 3.63) is 63.9 Å². The molecule has 146 valence electrons. The molecule has 3 amide bonds. The maximum atomic E-state index is 12.3. The summed E-state index contributed by atoms with van der Waals surface area (Å²) in [6, 6.07) is 11.5. The summed E-state index contributed by atoms with van der Waals surface area (Å²) in [6.07, 6.45) is 4.23. The van der Waals surface area contributed by atoms with Crippen LogP contribution in [0.2, 0.25) is 0 Å². The molecule has 1 aliphatic rings. The zero-order valence-corrected chi connectivity index (χ0v) is 16.3. The highest BCUT2D eigenvalue weighted by molar-refractivity contribution is 7.10. The lowest BCUT2D eigenvalue weighted by Gasteiger charge is -2.27. The van der Waals surface area contributed by atoms with E-state index in [1.54, 1.807) is 17.4 Å². The van der Waals surface area contributed by atoms with Crippen molar-refractivity contribution < 1.29 is 14.4 Å². The van der Waals surface area contributed by atoms with Crippen LogP contribution in [0.4, 0.5) is 0 Å². The fraction of sp³-hybridized carbons (Fsp3) is 0.286. The average molecular weight is 398 g/mol. The predicted molar refractivity (Wildman–Crippen MR) is 110 cm³/mol. The Labute approximate surface area is 168 Å². The van der Waals surface area contributed by atoms with Crippen molar-refractivity contribution in [2.75, 3.05) is 19.6 Å². The molecule has 1 aromatic carbocycles. The molecule has 0 bridgehead atoms. The minimum atomic E-state index is -0.338. The van der Waals surface area contributed by atoms with E-state index in [0.717, 1.165) is 18.5 Å². The first-order valence-electron chi connectivity index (χ1n) is 9.22. The number of nitrogens with zero attached hydrogens (tertiary/aromatic N) is 1. The van der Waals surface area contributed by atoms with Gasteiger partial charge in [0.25, 0.3) is 0 Å². The van der Waals surface area contributed by atoms with Crippen LogP contribution in [0.1, 0.15) is 22.4 Å². The van der Waals surface area contributed by atoms with Gasteiger partial charge in [0.05, 0.1) is 6.54 Å². The van der Waals surface area contributed by atoms with E-state index in [1.807, 2.05) is 35.2 Å². The van der Waals surface area contributed by atoms with Gasteiger partial charge in [-0.2, -0.15) is 0 Å². The highest BCUT2D eigenvalue weighted by atomic mass is 32.1. The molecule has 0 atom stereocenters. The molecule has 6 nitrogen and oxygen atoms in total. The van der Waals surface area contributed by atoms with Gasteiger partial charge in [-0.1, -0.05) is 30.3 Å². The zero-order valence-electron chi connectivity index (χ0n) is 15.5. The topological polar surface area (TPSA) is 78.5 Å². The van der Waals surface area contributed by atoms with Crippen LogP contribution < -0.4 is 10.6 Å². The Kier molecular flexibility index (Phi) is 6.97. The van der Waals surface area contributed by atoms with Crippen LogP contribution in [-0.2, 0) is 27.3 Å². The quantitative estimate of drug-likeness (QED) is 0.701. The first kappa shape index (κ1) is 19.8. The number of nitrogens with one attached hydrogen (secondary N) is 2. The Bertz CT molecular complexity index is 861. The summed E-state index contributed by atoms with van der Waals surface area (Å²) >= 11 is 1.74. The van der Waals surface area contributed by atoms with Crippen LogP contribution in [0, 0.1) is 0 Å². The Hall–Kier alpha value is -2.93. The molecule has 7 heteroatoms. The molecule has 0 saturated carbocycles. The first-order valence-corrected chi connectivity index (χ1v) is 10.1. The smallest absolute Gasteiger partial charge is 0.244 e. The van der Waals surface area contributed by atoms with E-state index in [-0.39, 0.29) is 37.2 Å². The molecule has 3 rings (SSSR count). The van der Waals surface area contributed by atoms with Crippen LogP contribution in [0.25, 0.3) is 6.08 Å². The number of hydrogen-bond acceptors (Lipinski definition) is 4. The van der Waals surface area contributed by atoms with E-state index in [4.69, 9.17) is 0 Å². The number of carbonyl (C=O) groups excluding carboxylic acids is 3. The van der Waals surface area contributed by atoms with Crippen molar-refractivity contribution in [1.82, 2.24) is 15.5 Å². The summed E-state index contributed by atoms with van der Waals surface area (Å²) < 4.78 is 0. The van der Waals surface area contributed by atoms with E-state index in [2.05, 4.69) is 22.1 Å². The molecule has 1 aliphatic heterocycles. The first-order chi connectivity index (χ1) is 13.6. The fourth-order valence-corrected chi connectivity index (χ4v) is 3.84. The summed E-state index contributed by atoms with van der Waals surface area (Å²) in [5, 5.41) is 7.26. The van der Waals surface area contributed by atoms with E-state index >= 15 is 0 Å². The third kappa shape index (κ3) is 5.79. The second-order valence-electron chi connectivity index (χ2n) is 6.50. The number of rotatable bonds is 7. The van der Waals surface area contributed by atoms with Crippen LogP contribution in [0.3, 0.4) is 0 Å². The third-order valence-electron chi connectivity index (χ3n) is 4.47. The molecule has 1 aromatic heterocycles. The molecule has 2 aromatic rings.